The van der Waals surface area contributed by atoms with Crippen molar-refractivity contribution in [1.82, 2.24) is 0 Å². The molecular weight excluding hydrogens is 250 g/mol. The molecule has 2 rings (SSSR count). The molecule has 0 spiro atoms. The van der Waals surface area contributed by atoms with Crippen LogP contribution >= 0.6 is 0 Å². The van der Waals surface area contributed by atoms with Crippen molar-refractivity contribution in [2.75, 3.05) is 11.4 Å². The standard InChI is InChI=1S/C17H27NO2/c1-12-7-8-13-14(11-12)18(10-9-17(13,5)6)15(19)20-16(2,3)4/h7-8,11,15,19H,9-10H2,1-6H3/t15-/m1/s1. The van der Waals surface area contributed by atoms with E-state index in [0.29, 0.717) is 0 Å². The lowest BCUT2D eigenvalue weighted by atomic mass is 9.77. The molecule has 1 aromatic rings. The molecule has 1 heterocycles. The minimum Gasteiger partial charge on any atom is -0.351 e. The molecule has 1 N–H and O–H groups in total. The molecular formula is C17H27NO2. The third-order valence-electron chi connectivity index (χ3n) is 3.90. The van der Waals surface area contributed by atoms with Crippen LogP contribution in [0.1, 0.15) is 52.2 Å². The van der Waals surface area contributed by atoms with Crippen molar-refractivity contribution in [2.24, 2.45) is 0 Å². The number of rotatable bonds is 2. The zero-order valence-electron chi connectivity index (χ0n) is 13.5. The van der Waals surface area contributed by atoms with Gasteiger partial charge in [-0.2, -0.15) is 0 Å². The number of benzene rings is 1. The average molecular weight is 277 g/mol. The van der Waals surface area contributed by atoms with Gasteiger partial charge in [-0.05, 0) is 56.7 Å². The number of ether oxygens (including phenoxy) is 1. The highest BCUT2D eigenvalue weighted by Crippen LogP contribution is 2.41. The Morgan fingerprint density at radius 2 is 1.95 bits per heavy atom. The van der Waals surface area contributed by atoms with Crippen LogP contribution in [0, 0.1) is 6.92 Å². The van der Waals surface area contributed by atoms with E-state index in [9.17, 15) is 5.11 Å². The van der Waals surface area contributed by atoms with E-state index in [1.54, 1.807) is 0 Å². The molecule has 0 saturated heterocycles. The fourth-order valence-electron chi connectivity index (χ4n) is 2.72. The van der Waals surface area contributed by atoms with Crippen LogP contribution in [-0.2, 0) is 10.2 Å². The molecule has 0 radical (unpaired) electrons. The van der Waals surface area contributed by atoms with Gasteiger partial charge in [0.25, 0.3) is 0 Å². The van der Waals surface area contributed by atoms with Crippen LogP contribution in [0.15, 0.2) is 18.2 Å². The first-order valence-electron chi connectivity index (χ1n) is 7.34. The number of nitrogens with zero attached hydrogens (tertiary/aromatic N) is 1. The van der Waals surface area contributed by atoms with Crippen LogP contribution < -0.4 is 4.90 Å². The fourth-order valence-corrected chi connectivity index (χ4v) is 2.72. The summed E-state index contributed by atoms with van der Waals surface area (Å²) in [4.78, 5) is 1.97. The molecule has 3 nitrogen and oxygen atoms in total. The van der Waals surface area contributed by atoms with E-state index in [1.165, 1.54) is 11.1 Å². The van der Waals surface area contributed by atoms with Gasteiger partial charge >= 0.3 is 0 Å². The second-order valence-electron chi connectivity index (χ2n) is 7.40. The molecule has 1 atom stereocenters. The molecule has 0 aromatic heterocycles. The van der Waals surface area contributed by atoms with Gasteiger partial charge in [0.15, 0.2) is 0 Å². The first-order chi connectivity index (χ1) is 9.10. The van der Waals surface area contributed by atoms with Gasteiger partial charge in [-0.1, -0.05) is 26.0 Å². The van der Waals surface area contributed by atoms with Gasteiger partial charge in [-0.25, -0.2) is 0 Å². The van der Waals surface area contributed by atoms with E-state index in [-0.39, 0.29) is 11.0 Å². The molecule has 0 aliphatic carbocycles. The van der Waals surface area contributed by atoms with E-state index in [1.807, 2.05) is 25.7 Å². The molecule has 1 aliphatic rings. The Morgan fingerprint density at radius 1 is 1.30 bits per heavy atom. The van der Waals surface area contributed by atoms with E-state index in [2.05, 4.69) is 39.0 Å². The lowest BCUT2D eigenvalue weighted by Gasteiger charge is -2.43. The SMILES string of the molecule is Cc1ccc2c(c1)N([C@H](O)OC(C)(C)C)CCC2(C)C. The molecule has 112 valence electrons. The summed E-state index contributed by atoms with van der Waals surface area (Å²) in [5.41, 5.74) is 3.36. The van der Waals surface area contributed by atoms with Crippen LogP contribution in [0.3, 0.4) is 0 Å². The summed E-state index contributed by atoms with van der Waals surface area (Å²) >= 11 is 0. The maximum atomic E-state index is 10.4. The Labute approximate surface area is 122 Å². The third kappa shape index (κ3) is 3.15. The molecule has 0 fully saturated rings. The second kappa shape index (κ2) is 5.05. The highest BCUT2D eigenvalue weighted by Gasteiger charge is 2.34. The van der Waals surface area contributed by atoms with Crippen molar-refractivity contribution in [3.63, 3.8) is 0 Å². The first kappa shape index (κ1) is 15.3. The molecule has 0 unspecified atom stereocenters. The third-order valence-corrected chi connectivity index (χ3v) is 3.90. The van der Waals surface area contributed by atoms with Crippen molar-refractivity contribution in [3.8, 4) is 0 Å². The Kier molecular flexibility index (Phi) is 3.87. The lowest BCUT2D eigenvalue weighted by Crippen LogP contribution is -2.47. The van der Waals surface area contributed by atoms with E-state index in [4.69, 9.17) is 4.74 Å². The number of aryl methyl sites for hydroxylation is 1. The summed E-state index contributed by atoms with van der Waals surface area (Å²) in [6.07, 6.45) is 0.111. The van der Waals surface area contributed by atoms with Crippen LogP contribution in [0.5, 0.6) is 0 Å². The van der Waals surface area contributed by atoms with Crippen molar-refractivity contribution < 1.29 is 9.84 Å². The molecule has 0 amide bonds. The summed E-state index contributed by atoms with van der Waals surface area (Å²) < 4.78 is 5.72. The smallest absolute Gasteiger partial charge is 0.238 e. The van der Waals surface area contributed by atoms with E-state index in [0.717, 1.165) is 18.7 Å². The summed E-state index contributed by atoms with van der Waals surface area (Å²) in [6, 6.07) is 6.47. The predicted octanol–water partition coefficient (Wildman–Crippen LogP) is 3.57. The molecule has 3 heteroatoms. The average Bonchev–Trinajstić information content (AvgIpc) is 2.25. The Bertz CT molecular complexity index is 488. The highest BCUT2D eigenvalue weighted by molar-refractivity contribution is 5.60. The zero-order valence-corrected chi connectivity index (χ0v) is 13.5. The Hall–Kier alpha value is -1.06. The minimum absolute atomic E-state index is 0.140. The van der Waals surface area contributed by atoms with Gasteiger partial charge < -0.3 is 14.7 Å². The van der Waals surface area contributed by atoms with E-state index >= 15 is 0 Å². The summed E-state index contributed by atoms with van der Waals surface area (Å²) in [5.74, 6) is 0. The van der Waals surface area contributed by atoms with Gasteiger partial charge in [0.1, 0.15) is 0 Å². The van der Waals surface area contributed by atoms with Crippen LogP contribution in [0.4, 0.5) is 5.69 Å². The van der Waals surface area contributed by atoms with Gasteiger partial charge in [-0.15, -0.1) is 0 Å². The van der Waals surface area contributed by atoms with Crippen molar-refractivity contribution in [1.29, 1.82) is 0 Å². The Morgan fingerprint density at radius 3 is 2.55 bits per heavy atom. The molecule has 0 saturated carbocycles. The number of hydrogen-bond acceptors (Lipinski definition) is 3. The van der Waals surface area contributed by atoms with Crippen molar-refractivity contribution >= 4 is 5.69 Å². The number of hydrogen-bond donors (Lipinski definition) is 1. The van der Waals surface area contributed by atoms with Gasteiger partial charge in [0, 0.05) is 12.2 Å². The molecule has 1 aromatic carbocycles. The zero-order chi connectivity index (χ0) is 15.1. The highest BCUT2D eigenvalue weighted by atomic mass is 16.6. The number of anilines is 1. The van der Waals surface area contributed by atoms with Crippen molar-refractivity contribution in [3.05, 3.63) is 29.3 Å². The van der Waals surface area contributed by atoms with Crippen LogP contribution in [-0.4, -0.2) is 23.7 Å². The predicted molar refractivity (Wildman–Crippen MR) is 83.0 cm³/mol. The van der Waals surface area contributed by atoms with Gasteiger partial charge in [0.05, 0.1) is 5.60 Å². The quantitative estimate of drug-likeness (QED) is 0.839. The lowest BCUT2D eigenvalue weighted by molar-refractivity contribution is -0.165. The summed E-state index contributed by atoms with van der Waals surface area (Å²) in [5, 5.41) is 10.4. The monoisotopic (exact) mass is 277 g/mol. The largest absolute Gasteiger partial charge is 0.351 e. The topological polar surface area (TPSA) is 32.7 Å². The Balaban J connectivity index is 2.36. The normalized spacial score (nSPS) is 19.6. The molecule has 0 bridgehead atoms. The van der Waals surface area contributed by atoms with Crippen LogP contribution in [0.25, 0.3) is 0 Å². The maximum Gasteiger partial charge on any atom is 0.238 e. The minimum atomic E-state index is -0.897. The van der Waals surface area contributed by atoms with Crippen LogP contribution in [0.2, 0.25) is 0 Å². The van der Waals surface area contributed by atoms with E-state index < -0.39 is 6.41 Å². The van der Waals surface area contributed by atoms with Crippen molar-refractivity contribution in [2.45, 2.75) is 65.4 Å². The fraction of sp³-hybridized carbons (Fsp3) is 0.647. The molecule has 20 heavy (non-hydrogen) atoms. The summed E-state index contributed by atoms with van der Waals surface area (Å²) in [6.45, 7) is 13.3. The number of aliphatic hydroxyl groups excluding tert-OH is 1. The summed E-state index contributed by atoms with van der Waals surface area (Å²) in [7, 11) is 0. The molecule has 1 aliphatic heterocycles. The maximum absolute atomic E-state index is 10.4. The number of fused-ring (bicyclic) bond motifs is 1. The number of aliphatic hydroxyl groups is 1. The second-order valence-corrected chi connectivity index (χ2v) is 7.40. The van der Waals surface area contributed by atoms with Gasteiger partial charge in [0.2, 0.25) is 6.41 Å². The first-order valence-corrected chi connectivity index (χ1v) is 7.34. The van der Waals surface area contributed by atoms with Gasteiger partial charge in [-0.3, -0.25) is 0 Å².